The topological polar surface area (TPSA) is 46.6 Å². The molecule has 1 aromatic rings. The first-order valence-electron chi connectivity index (χ1n) is 5.47. The molecule has 2 rings (SSSR count). The first kappa shape index (κ1) is 14.1. The maximum atomic E-state index is 12.4. The van der Waals surface area contributed by atoms with E-state index >= 15 is 0 Å². The number of ether oxygens (including phenoxy) is 1. The minimum absolute atomic E-state index is 0.108. The highest BCUT2D eigenvalue weighted by atomic mass is 35.5. The second-order valence-corrected chi connectivity index (χ2v) is 6.96. The molecule has 7 heteroatoms. The lowest BCUT2D eigenvalue weighted by Gasteiger charge is -2.30. The Morgan fingerprint density at radius 1 is 1.28 bits per heavy atom. The normalized spacial score (nSPS) is 22.1. The molecule has 100 valence electrons. The summed E-state index contributed by atoms with van der Waals surface area (Å²) in [6.45, 7) is 2.92. The fourth-order valence-corrected chi connectivity index (χ4v) is 4.06. The van der Waals surface area contributed by atoms with Crippen molar-refractivity contribution >= 4 is 33.2 Å². The molecule has 0 aromatic heterocycles. The number of halogens is 2. The van der Waals surface area contributed by atoms with Crippen LogP contribution in [-0.4, -0.2) is 38.5 Å². The van der Waals surface area contributed by atoms with E-state index in [1.165, 1.54) is 22.5 Å². The van der Waals surface area contributed by atoms with Crippen molar-refractivity contribution in [3.05, 3.63) is 28.2 Å². The third kappa shape index (κ3) is 2.97. The highest BCUT2D eigenvalue weighted by molar-refractivity contribution is 7.89. The van der Waals surface area contributed by atoms with Crippen LogP contribution in [-0.2, 0) is 14.8 Å². The molecule has 1 aliphatic rings. The lowest BCUT2D eigenvalue weighted by molar-refractivity contribution is 0.0102. The van der Waals surface area contributed by atoms with Gasteiger partial charge in [-0.25, -0.2) is 8.42 Å². The van der Waals surface area contributed by atoms with Gasteiger partial charge in [-0.05, 0) is 25.1 Å². The SMILES string of the molecule is CC1CN(S(=O)(=O)c2cc(Cl)cc(Cl)c2)CCO1. The van der Waals surface area contributed by atoms with Crippen molar-refractivity contribution in [3.63, 3.8) is 0 Å². The van der Waals surface area contributed by atoms with Gasteiger partial charge in [0.05, 0.1) is 17.6 Å². The van der Waals surface area contributed by atoms with Crippen LogP contribution in [0, 0.1) is 0 Å². The molecule has 18 heavy (non-hydrogen) atoms. The number of morpholine rings is 1. The average Bonchev–Trinajstić information content (AvgIpc) is 2.27. The van der Waals surface area contributed by atoms with Crippen LogP contribution in [0.25, 0.3) is 0 Å². The summed E-state index contributed by atoms with van der Waals surface area (Å²) in [5, 5.41) is 0.616. The van der Waals surface area contributed by atoms with Crippen molar-refractivity contribution in [2.24, 2.45) is 0 Å². The van der Waals surface area contributed by atoms with Crippen molar-refractivity contribution in [2.75, 3.05) is 19.7 Å². The van der Waals surface area contributed by atoms with Crippen LogP contribution >= 0.6 is 23.2 Å². The van der Waals surface area contributed by atoms with Crippen LogP contribution in [0.15, 0.2) is 23.1 Å². The third-order valence-electron chi connectivity index (χ3n) is 2.68. The number of nitrogens with zero attached hydrogens (tertiary/aromatic N) is 1. The van der Waals surface area contributed by atoms with Gasteiger partial charge in [0.25, 0.3) is 0 Å². The zero-order valence-electron chi connectivity index (χ0n) is 9.77. The summed E-state index contributed by atoms with van der Waals surface area (Å²) in [5.74, 6) is 0. The summed E-state index contributed by atoms with van der Waals surface area (Å²) in [4.78, 5) is 0.120. The van der Waals surface area contributed by atoms with E-state index in [9.17, 15) is 8.42 Å². The Morgan fingerprint density at radius 2 is 1.89 bits per heavy atom. The first-order valence-corrected chi connectivity index (χ1v) is 7.67. The quantitative estimate of drug-likeness (QED) is 0.843. The van der Waals surface area contributed by atoms with Crippen molar-refractivity contribution < 1.29 is 13.2 Å². The van der Waals surface area contributed by atoms with Crippen molar-refractivity contribution in [1.29, 1.82) is 0 Å². The van der Waals surface area contributed by atoms with Crippen LogP contribution in [0.2, 0.25) is 10.0 Å². The molecule has 1 heterocycles. The molecule has 4 nitrogen and oxygen atoms in total. The second-order valence-electron chi connectivity index (χ2n) is 4.15. The molecule has 1 atom stereocenters. The van der Waals surface area contributed by atoms with Gasteiger partial charge in [-0.1, -0.05) is 23.2 Å². The van der Waals surface area contributed by atoms with E-state index < -0.39 is 10.0 Å². The summed E-state index contributed by atoms with van der Waals surface area (Å²) in [6, 6.07) is 4.32. The Kier molecular flexibility index (Phi) is 4.18. The van der Waals surface area contributed by atoms with E-state index in [1.807, 2.05) is 6.92 Å². The maximum absolute atomic E-state index is 12.4. The second kappa shape index (κ2) is 5.35. The smallest absolute Gasteiger partial charge is 0.243 e. The van der Waals surface area contributed by atoms with E-state index in [4.69, 9.17) is 27.9 Å². The fourth-order valence-electron chi connectivity index (χ4n) is 1.83. The van der Waals surface area contributed by atoms with E-state index in [0.29, 0.717) is 29.7 Å². The molecular formula is C11H13Cl2NO3S. The van der Waals surface area contributed by atoms with E-state index in [-0.39, 0.29) is 11.0 Å². The zero-order chi connectivity index (χ0) is 13.3. The van der Waals surface area contributed by atoms with Crippen molar-refractivity contribution in [1.82, 2.24) is 4.31 Å². The van der Waals surface area contributed by atoms with Gasteiger partial charge < -0.3 is 4.74 Å². The van der Waals surface area contributed by atoms with Gasteiger partial charge in [-0.3, -0.25) is 0 Å². The maximum Gasteiger partial charge on any atom is 0.243 e. The Hall–Kier alpha value is -0.330. The summed E-state index contributed by atoms with van der Waals surface area (Å²) in [5.41, 5.74) is 0. The van der Waals surface area contributed by atoms with Gasteiger partial charge in [-0.15, -0.1) is 0 Å². The zero-order valence-corrected chi connectivity index (χ0v) is 12.1. The Morgan fingerprint density at radius 3 is 2.44 bits per heavy atom. The summed E-state index contributed by atoms with van der Waals surface area (Å²) in [7, 11) is -3.56. The molecule has 0 amide bonds. The van der Waals surface area contributed by atoms with Crippen molar-refractivity contribution in [2.45, 2.75) is 17.9 Å². The highest BCUT2D eigenvalue weighted by Gasteiger charge is 2.29. The third-order valence-corrected chi connectivity index (χ3v) is 4.96. The summed E-state index contributed by atoms with van der Waals surface area (Å²) >= 11 is 11.7. The lowest BCUT2D eigenvalue weighted by Crippen LogP contribution is -2.44. The molecule has 0 N–H and O–H groups in total. The fraction of sp³-hybridized carbons (Fsp3) is 0.455. The van der Waals surface area contributed by atoms with Gasteiger partial charge in [0.15, 0.2) is 0 Å². The highest BCUT2D eigenvalue weighted by Crippen LogP contribution is 2.25. The van der Waals surface area contributed by atoms with E-state index in [1.54, 1.807) is 0 Å². The Balaban J connectivity index is 2.35. The van der Waals surface area contributed by atoms with Crippen LogP contribution in [0.3, 0.4) is 0 Å². The van der Waals surface area contributed by atoms with Gasteiger partial charge in [0.2, 0.25) is 10.0 Å². The summed E-state index contributed by atoms with van der Waals surface area (Å²) in [6.07, 6.45) is -0.108. The number of hydrogen-bond acceptors (Lipinski definition) is 3. The molecule has 1 saturated heterocycles. The molecule has 0 aliphatic carbocycles. The average molecular weight is 310 g/mol. The molecular weight excluding hydrogens is 297 g/mol. The number of rotatable bonds is 2. The van der Waals surface area contributed by atoms with Gasteiger partial charge in [0, 0.05) is 23.1 Å². The van der Waals surface area contributed by atoms with Gasteiger partial charge >= 0.3 is 0 Å². The monoisotopic (exact) mass is 309 g/mol. The molecule has 1 unspecified atom stereocenters. The molecule has 0 radical (unpaired) electrons. The van der Waals surface area contributed by atoms with Gasteiger partial charge in [-0.2, -0.15) is 4.31 Å². The largest absolute Gasteiger partial charge is 0.376 e. The molecule has 0 saturated carbocycles. The van der Waals surface area contributed by atoms with Crippen LogP contribution < -0.4 is 0 Å². The molecule has 0 spiro atoms. The minimum atomic E-state index is -3.56. The van der Waals surface area contributed by atoms with Gasteiger partial charge in [0.1, 0.15) is 0 Å². The Bertz CT molecular complexity index is 527. The van der Waals surface area contributed by atoms with Crippen LogP contribution in [0.5, 0.6) is 0 Å². The summed E-state index contributed by atoms with van der Waals surface area (Å²) < 4.78 is 31.5. The predicted molar refractivity (Wildman–Crippen MR) is 70.6 cm³/mol. The standard InChI is InChI=1S/C11H13Cl2NO3S/c1-8-7-14(2-3-17-8)18(15,16)11-5-9(12)4-10(13)6-11/h4-6,8H,2-3,7H2,1H3. The molecule has 1 aromatic carbocycles. The number of benzene rings is 1. The van der Waals surface area contributed by atoms with Crippen LogP contribution in [0.1, 0.15) is 6.92 Å². The van der Waals surface area contributed by atoms with Crippen LogP contribution in [0.4, 0.5) is 0 Å². The predicted octanol–water partition coefficient (Wildman–Crippen LogP) is 2.40. The van der Waals surface area contributed by atoms with E-state index in [2.05, 4.69) is 0 Å². The minimum Gasteiger partial charge on any atom is -0.376 e. The number of hydrogen-bond donors (Lipinski definition) is 0. The van der Waals surface area contributed by atoms with Crippen molar-refractivity contribution in [3.8, 4) is 0 Å². The Labute approximate surface area is 116 Å². The lowest BCUT2D eigenvalue weighted by atomic mass is 10.3. The molecule has 1 fully saturated rings. The number of sulfonamides is 1. The van der Waals surface area contributed by atoms with E-state index in [0.717, 1.165) is 0 Å². The molecule has 0 bridgehead atoms. The first-order chi connectivity index (χ1) is 8.39. The molecule has 1 aliphatic heterocycles.